The lowest BCUT2D eigenvalue weighted by Crippen LogP contribution is -2.29. The Bertz CT molecular complexity index is 516. The molecule has 2 heterocycles. The molecule has 0 fully saturated rings. The predicted octanol–water partition coefficient (Wildman–Crippen LogP) is 2.53. The average Bonchev–Trinajstić information content (AvgIpc) is 2.39. The summed E-state index contributed by atoms with van der Waals surface area (Å²) in [6, 6.07) is 5.41. The highest BCUT2D eigenvalue weighted by atomic mass is 35.5. The first-order valence-corrected chi connectivity index (χ1v) is 6.12. The van der Waals surface area contributed by atoms with Crippen molar-refractivity contribution in [1.82, 2.24) is 15.4 Å². The number of halogens is 2. The van der Waals surface area contributed by atoms with E-state index < -0.39 is 0 Å². The van der Waals surface area contributed by atoms with Crippen molar-refractivity contribution in [2.24, 2.45) is 5.84 Å². The molecular weight excluding hydrogens is 271 g/mol. The molecule has 2 rings (SSSR count). The first-order chi connectivity index (χ1) is 8.70. The Balaban J connectivity index is 2.20. The molecule has 1 unspecified atom stereocenters. The standard InChI is InChI=1S/C12H12Cl2N4/c13-10-7-16-4-3-8(10)5-11(18-15)9-1-2-12(14)17-6-9/h1-4,6-7,11,18H,5,15H2. The molecule has 1 atom stereocenters. The number of nitrogens with one attached hydrogen (secondary N) is 1. The lowest BCUT2D eigenvalue weighted by Gasteiger charge is -2.16. The Labute approximate surface area is 115 Å². The molecule has 0 aromatic carbocycles. The number of hydrazine groups is 1. The summed E-state index contributed by atoms with van der Waals surface area (Å²) in [7, 11) is 0. The largest absolute Gasteiger partial charge is 0.271 e. The molecule has 0 aliphatic heterocycles. The number of nitrogens with zero attached hydrogens (tertiary/aromatic N) is 2. The van der Waals surface area contributed by atoms with E-state index in [0.29, 0.717) is 16.6 Å². The van der Waals surface area contributed by atoms with E-state index in [4.69, 9.17) is 29.0 Å². The molecule has 0 aliphatic carbocycles. The van der Waals surface area contributed by atoms with Crippen molar-refractivity contribution < 1.29 is 0 Å². The fourth-order valence-electron chi connectivity index (χ4n) is 1.66. The van der Waals surface area contributed by atoms with Gasteiger partial charge in [0.25, 0.3) is 0 Å². The molecule has 0 spiro atoms. The van der Waals surface area contributed by atoms with Crippen LogP contribution in [0.2, 0.25) is 10.2 Å². The minimum Gasteiger partial charge on any atom is -0.271 e. The van der Waals surface area contributed by atoms with Crippen LogP contribution in [0.4, 0.5) is 0 Å². The van der Waals surface area contributed by atoms with Crippen LogP contribution >= 0.6 is 23.2 Å². The lowest BCUT2D eigenvalue weighted by molar-refractivity contribution is 0.550. The third-order valence-electron chi connectivity index (χ3n) is 2.63. The van der Waals surface area contributed by atoms with Gasteiger partial charge in [-0.25, -0.2) is 4.98 Å². The van der Waals surface area contributed by atoms with Gasteiger partial charge in [0.2, 0.25) is 0 Å². The van der Waals surface area contributed by atoms with Gasteiger partial charge >= 0.3 is 0 Å². The monoisotopic (exact) mass is 282 g/mol. The van der Waals surface area contributed by atoms with Crippen molar-refractivity contribution >= 4 is 23.2 Å². The van der Waals surface area contributed by atoms with E-state index in [1.54, 1.807) is 24.7 Å². The third-order valence-corrected chi connectivity index (χ3v) is 3.20. The van der Waals surface area contributed by atoms with Crippen molar-refractivity contribution in [2.45, 2.75) is 12.5 Å². The van der Waals surface area contributed by atoms with Crippen LogP contribution in [0, 0.1) is 0 Å². The van der Waals surface area contributed by atoms with Gasteiger partial charge in [-0.1, -0.05) is 29.3 Å². The van der Waals surface area contributed by atoms with E-state index in [2.05, 4.69) is 15.4 Å². The zero-order valence-corrected chi connectivity index (χ0v) is 11.0. The number of aromatic nitrogens is 2. The van der Waals surface area contributed by atoms with Crippen molar-refractivity contribution in [3.05, 3.63) is 58.1 Å². The highest BCUT2D eigenvalue weighted by Crippen LogP contribution is 2.22. The van der Waals surface area contributed by atoms with E-state index in [9.17, 15) is 0 Å². The Hall–Kier alpha value is -1.20. The Morgan fingerprint density at radius 3 is 2.67 bits per heavy atom. The highest BCUT2D eigenvalue weighted by Gasteiger charge is 2.12. The molecule has 2 aromatic rings. The molecule has 0 saturated carbocycles. The second-order valence-corrected chi connectivity index (χ2v) is 4.60. The van der Waals surface area contributed by atoms with E-state index in [1.807, 2.05) is 12.1 Å². The molecule has 3 N–H and O–H groups in total. The second kappa shape index (κ2) is 6.11. The summed E-state index contributed by atoms with van der Waals surface area (Å²) in [6.45, 7) is 0. The molecule has 2 aromatic heterocycles. The third kappa shape index (κ3) is 3.17. The second-order valence-electron chi connectivity index (χ2n) is 3.80. The molecule has 0 saturated heterocycles. The SMILES string of the molecule is NNC(Cc1ccncc1Cl)c1ccc(Cl)nc1. The molecule has 0 amide bonds. The zero-order valence-electron chi connectivity index (χ0n) is 9.48. The van der Waals surface area contributed by atoms with Crippen LogP contribution in [0.25, 0.3) is 0 Å². The van der Waals surface area contributed by atoms with Crippen molar-refractivity contribution in [1.29, 1.82) is 0 Å². The smallest absolute Gasteiger partial charge is 0.129 e. The highest BCUT2D eigenvalue weighted by molar-refractivity contribution is 6.31. The van der Waals surface area contributed by atoms with Gasteiger partial charge in [0.05, 0.1) is 11.1 Å². The first kappa shape index (κ1) is 13.2. The Morgan fingerprint density at radius 1 is 1.22 bits per heavy atom. The fourth-order valence-corrected chi connectivity index (χ4v) is 1.96. The van der Waals surface area contributed by atoms with Gasteiger partial charge in [0, 0.05) is 18.6 Å². The maximum Gasteiger partial charge on any atom is 0.129 e. The molecule has 0 radical (unpaired) electrons. The van der Waals surface area contributed by atoms with Crippen LogP contribution < -0.4 is 11.3 Å². The quantitative estimate of drug-likeness (QED) is 0.514. The lowest BCUT2D eigenvalue weighted by atomic mass is 10.0. The van der Waals surface area contributed by atoms with E-state index in [-0.39, 0.29) is 6.04 Å². The normalized spacial score (nSPS) is 12.4. The number of nitrogens with two attached hydrogens (primary N) is 1. The zero-order chi connectivity index (χ0) is 13.0. The van der Waals surface area contributed by atoms with Gasteiger partial charge in [0.15, 0.2) is 0 Å². The summed E-state index contributed by atoms with van der Waals surface area (Å²) in [5.41, 5.74) is 4.68. The molecule has 0 bridgehead atoms. The molecule has 0 aliphatic rings. The summed E-state index contributed by atoms with van der Waals surface area (Å²) >= 11 is 11.8. The van der Waals surface area contributed by atoms with E-state index >= 15 is 0 Å². The number of hydrogen-bond acceptors (Lipinski definition) is 4. The minimum atomic E-state index is -0.0744. The van der Waals surface area contributed by atoms with Crippen LogP contribution in [0.3, 0.4) is 0 Å². The summed E-state index contributed by atoms with van der Waals surface area (Å²) < 4.78 is 0. The van der Waals surface area contributed by atoms with Crippen LogP contribution in [-0.4, -0.2) is 9.97 Å². The minimum absolute atomic E-state index is 0.0744. The van der Waals surface area contributed by atoms with Crippen LogP contribution in [0.15, 0.2) is 36.8 Å². The Morgan fingerprint density at radius 2 is 2.06 bits per heavy atom. The summed E-state index contributed by atoms with van der Waals surface area (Å²) in [4.78, 5) is 7.99. The van der Waals surface area contributed by atoms with Gasteiger partial charge in [-0.05, 0) is 29.7 Å². The molecule has 4 nitrogen and oxygen atoms in total. The number of pyridine rings is 2. The van der Waals surface area contributed by atoms with Crippen LogP contribution in [-0.2, 0) is 6.42 Å². The number of rotatable bonds is 4. The maximum absolute atomic E-state index is 6.07. The van der Waals surface area contributed by atoms with Crippen LogP contribution in [0.1, 0.15) is 17.2 Å². The van der Waals surface area contributed by atoms with E-state index in [1.165, 1.54) is 0 Å². The maximum atomic E-state index is 6.07. The van der Waals surface area contributed by atoms with Gasteiger partial charge in [-0.2, -0.15) is 0 Å². The molecular formula is C12H12Cl2N4. The molecule has 6 heteroatoms. The van der Waals surface area contributed by atoms with Crippen molar-refractivity contribution in [3.8, 4) is 0 Å². The number of hydrogen-bond donors (Lipinski definition) is 2. The summed E-state index contributed by atoms with van der Waals surface area (Å²) in [5, 5.41) is 1.08. The van der Waals surface area contributed by atoms with Crippen molar-refractivity contribution in [3.63, 3.8) is 0 Å². The fraction of sp³-hybridized carbons (Fsp3) is 0.167. The molecule has 94 valence electrons. The van der Waals surface area contributed by atoms with Gasteiger partial charge in [-0.15, -0.1) is 0 Å². The summed E-state index contributed by atoms with van der Waals surface area (Å²) in [5.74, 6) is 5.57. The summed E-state index contributed by atoms with van der Waals surface area (Å²) in [6.07, 6.45) is 5.67. The predicted molar refractivity (Wildman–Crippen MR) is 72.3 cm³/mol. The van der Waals surface area contributed by atoms with E-state index in [0.717, 1.165) is 11.1 Å². The molecule has 18 heavy (non-hydrogen) atoms. The van der Waals surface area contributed by atoms with Gasteiger partial charge in [0.1, 0.15) is 5.15 Å². The van der Waals surface area contributed by atoms with Crippen molar-refractivity contribution in [2.75, 3.05) is 0 Å². The van der Waals surface area contributed by atoms with Gasteiger partial charge in [-0.3, -0.25) is 16.3 Å². The average molecular weight is 283 g/mol. The Kier molecular flexibility index (Phi) is 4.49. The van der Waals surface area contributed by atoms with Crippen LogP contribution in [0.5, 0.6) is 0 Å². The topological polar surface area (TPSA) is 63.8 Å². The first-order valence-electron chi connectivity index (χ1n) is 5.36. The van der Waals surface area contributed by atoms with Gasteiger partial charge < -0.3 is 0 Å².